The molecular weight excluding hydrogens is 316 g/mol. The molecule has 0 saturated carbocycles. The number of aryl methyl sites for hydroxylation is 1. The second kappa shape index (κ2) is 11.1. The van der Waals surface area contributed by atoms with Gasteiger partial charge < -0.3 is 20.1 Å². The van der Waals surface area contributed by atoms with Crippen molar-refractivity contribution in [2.75, 3.05) is 60.2 Å². The van der Waals surface area contributed by atoms with Crippen molar-refractivity contribution in [3.63, 3.8) is 0 Å². The Kier molecular flexibility index (Phi) is 8.72. The zero-order valence-electron chi connectivity index (χ0n) is 15.8. The Morgan fingerprint density at radius 2 is 2.12 bits per heavy atom. The van der Waals surface area contributed by atoms with Gasteiger partial charge in [-0.3, -0.25) is 9.89 Å². The van der Waals surface area contributed by atoms with E-state index in [2.05, 4.69) is 51.7 Å². The molecule has 140 valence electrons. The molecule has 25 heavy (non-hydrogen) atoms. The van der Waals surface area contributed by atoms with Gasteiger partial charge in [0.2, 0.25) is 0 Å². The van der Waals surface area contributed by atoms with Crippen LogP contribution >= 0.6 is 0 Å². The molecule has 0 radical (unpaired) electrons. The van der Waals surface area contributed by atoms with Crippen molar-refractivity contribution in [1.29, 1.82) is 0 Å². The van der Waals surface area contributed by atoms with Gasteiger partial charge >= 0.3 is 0 Å². The fraction of sp³-hybridized carbons (Fsp3) is 0.632. The molecule has 1 aromatic rings. The van der Waals surface area contributed by atoms with E-state index in [0.717, 1.165) is 58.4 Å². The molecule has 0 bridgehead atoms. The fourth-order valence-corrected chi connectivity index (χ4v) is 3.06. The van der Waals surface area contributed by atoms with Gasteiger partial charge in [-0.2, -0.15) is 0 Å². The van der Waals surface area contributed by atoms with E-state index in [1.54, 1.807) is 7.11 Å². The van der Waals surface area contributed by atoms with Crippen molar-refractivity contribution in [3.8, 4) is 0 Å². The molecule has 1 aromatic carbocycles. The molecule has 0 aromatic heterocycles. The molecule has 1 atom stereocenters. The van der Waals surface area contributed by atoms with Crippen LogP contribution in [0.15, 0.2) is 29.3 Å². The van der Waals surface area contributed by atoms with Crippen molar-refractivity contribution in [1.82, 2.24) is 15.5 Å². The van der Waals surface area contributed by atoms with Crippen molar-refractivity contribution in [2.24, 2.45) is 4.99 Å². The number of methoxy groups -OCH3 is 1. The van der Waals surface area contributed by atoms with Crippen LogP contribution in [0.25, 0.3) is 0 Å². The quantitative estimate of drug-likeness (QED) is 0.424. The zero-order valence-corrected chi connectivity index (χ0v) is 15.8. The van der Waals surface area contributed by atoms with Crippen molar-refractivity contribution >= 4 is 5.96 Å². The van der Waals surface area contributed by atoms with Gasteiger partial charge in [-0.15, -0.1) is 0 Å². The number of hydrogen-bond donors (Lipinski definition) is 2. The first kappa shape index (κ1) is 19.7. The highest BCUT2D eigenvalue weighted by Gasteiger charge is 2.22. The number of guanidine groups is 1. The number of benzene rings is 1. The minimum absolute atomic E-state index is 0.307. The first-order chi connectivity index (χ1) is 12.2. The third kappa shape index (κ3) is 6.65. The molecule has 1 unspecified atom stereocenters. The number of morpholine rings is 1. The highest BCUT2D eigenvalue weighted by atomic mass is 16.5. The Labute approximate surface area is 151 Å². The lowest BCUT2D eigenvalue weighted by Gasteiger charge is -2.35. The monoisotopic (exact) mass is 348 g/mol. The summed E-state index contributed by atoms with van der Waals surface area (Å²) in [5.41, 5.74) is 2.63. The molecule has 1 saturated heterocycles. The van der Waals surface area contributed by atoms with Gasteiger partial charge in [-0.25, -0.2) is 0 Å². The molecular formula is C19H32N4O2. The van der Waals surface area contributed by atoms with Crippen LogP contribution in [0, 0.1) is 6.92 Å². The zero-order chi connectivity index (χ0) is 17.9. The summed E-state index contributed by atoms with van der Waals surface area (Å²) in [5, 5.41) is 6.82. The molecule has 0 spiro atoms. The summed E-state index contributed by atoms with van der Waals surface area (Å²) in [6.45, 7) is 8.07. The normalized spacial score (nSPS) is 17.3. The summed E-state index contributed by atoms with van der Waals surface area (Å²) in [6, 6.07) is 9.07. The molecule has 6 heteroatoms. The molecule has 1 fully saturated rings. The Hall–Kier alpha value is -1.63. The molecule has 0 aliphatic carbocycles. The van der Waals surface area contributed by atoms with Crippen LogP contribution in [0.3, 0.4) is 0 Å². The summed E-state index contributed by atoms with van der Waals surface area (Å²) in [5.74, 6) is 0.835. The predicted molar refractivity (Wildman–Crippen MR) is 102 cm³/mol. The largest absolute Gasteiger partial charge is 0.385 e. The van der Waals surface area contributed by atoms with Gasteiger partial charge in [0.25, 0.3) is 0 Å². The Balaban J connectivity index is 1.97. The number of aliphatic imine (C=N–C) groups is 1. The van der Waals surface area contributed by atoms with Gasteiger partial charge in [0, 0.05) is 46.9 Å². The Morgan fingerprint density at radius 3 is 2.80 bits per heavy atom. The highest BCUT2D eigenvalue weighted by Crippen LogP contribution is 2.22. The van der Waals surface area contributed by atoms with Crippen molar-refractivity contribution in [2.45, 2.75) is 19.4 Å². The lowest BCUT2D eigenvalue weighted by molar-refractivity contribution is 0.0170. The SMILES string of the molecule is CN=C(NCCCOC)NCC(c1cccc(C)c1)N1CCOCC1. The van der Waals surface area contributed by atoms with Crippen LogP contribution in [0.1, 0.15) is 23.6 Å². The maximum atomic E-state index is 5.52. The molecule has 1 aliphatic rings. The molecule has 2 N–H and O–H groups in total. The highest BCUT2D eigenvalue weighted by molar-refractivity contribution is 5.79. The molecule has 2 rings (SSSR count). The second-order valence-corrected chi connectivity index (χ2v) is 6.30. The van der Waals surface area contributed by atoms with E-state index in [9.17, 15) is 0 Å². The second-order valence-electron chi connectivity index (χ2n) is 6.30. The van der Waals surface area contributed by atoms with Crippen LogP contribution in [0.4, 0.5) is 0 Å². The van der Waals surface area contributed by atoms with Gasteiger partial charge in [0.1, 0.15) is 0 Å². The van der Waals surface area contributed by atoms with Gasteiger partial charge in [-0.1, -0.05) is 29.8 Å². The standard InChI is InChI=1S/C19H32N4O2/c1-16-6-4-7-17(14-16)18(23-9-12-25-13-10-23)15-22-19(20-2)21-8-5-11-24-3/h4,6-7,14,18H,5,8-13,15H2,1-3H3,(H2,20,21,22). The smallest absolute Gasteiger partial charge is 0.191 e. The van der Waals surface area contributed by atoms with Gasteiger partial charge in [0.05, 0.1) is 19.3 Å². The maximum absolute atomic E-state index is 5.52. The lowest BCUT2D eigenvalue weighted by atomic mass is 10.0. The molecule has 1 aliphatic heterocycles. The Morgan fingerprint density at radius 1 is 1.32 bits per heavy atom. The minimum atomic E-state index is 0.307. The van der Waals surface area contributed by atoms with E-state index in [1.807, 2.05) is 7.05 Å². The summed E-state index contributed by atoms with van der Waals surface area (Å²) < 4.78 is 10.6. The van der Waals surface area contributed by atoms with Crippen LogP contribution in [0.2, 0.25) is 0 Å². The number of hydrogen-bond acceptors (Lipinski definition) is 4. The fourth-order valence-electron chi connectivity index (χ4n) is 3.06. The van der Waals surface area contributed by atoms with Crippen molar-refractivity contribution < 1.29 is 9.47 Å². The number of rotatable bonds is 8. The summed E-state index contributed by atoms with van der Waals surface area (Å²) in [4.78, 5) is 6.81. The Bertz CT molecular complexity index is 530. The predicted octanol–water partition coefficient (Wildman–Crippen LogP) is 1.57. The number of ether oxygens (including phenoxy) is 2. The van der Waals surface area contributed by atoms with E-state index in [0.29, 0.717) is 6.04 Å². The number of nitrogens with one attached hydrogen (secondary N) is 2. The molecule has 1 heterocycles. The van der Waals surface area contributed by atoms with Crippen molar-refractivity contribution in [3.05, 3.63) is 35.4 Å². The van der Waals surface area contributed by atoms with E-state index in [-0.39, 0.29) is 0 Å². The summed E-state index contributed by atoms with van der Waals surface area (Å²) >= 11 is 0. The van der Waals surface area contributed by atoms with Gasteiger partial charge in [-0.05, 0) is 18.9 Å². The third-order valence-corrected chi connectivity index (χ3v) is 4.42. The van der Waals surface area contributed by atoms with E-state index in [4.69, 9.17) is 9.47 Å². The van der Waals surface area contributed by atoms with E-state index < -0.39 is 0 Å². The topological polar surface area (TPSA) is 58.1 Å². The number of nitrogens with zero attached hydrogens (tertiary/aromatic N) is 2. The first-order valence-electron chi connectivity index (χ1n) is 9.06. The summed E-state index contributed by atoms with van der Waals surface area (Å²) in [7, 11) is 3.53. The first-order valence-corrected chi connectivity index (χ1v) is 9.06. The summed E-state index contributed by atoms with van der Waals surface area (Å²) in [6.07, 6.45) is 0.960. The van der Waals surface area contributed by atoms with Crippen LogP contribution < -0.4 is 10.6 Å². The average Bonchev–Trinajstić information content (AvgIpc) is 2.64. The van der Waals surface area contributed by atoms with Crippen LogP contribution in [0.5, 0.6) is 0 Å². The molecule has 0 amide bonds. The average molecular weight is 348 g/mol. The van der Waals surface area contributed by atoms with E-state index >= 15 is 0 Å². The van der Waals surface area contributed by atoms with Crippen LogP contribution in [-0.4, -0.2) is 71.0 Å². The maximum Gasteiger partial charge on any atom is 0.191 e. The molecule has 6 nitrogen and oxygen atoms in total. The minimum Gasteiger partial charge on any atom is -0.385 e. The van der Waals surface area contributed by atoms with Crippen LogP contribution in [-0.2, 0) is 9.47 Å². The third-order valence-electron chi connectivity index (χ3n) is 4.42. The lowest BCUT2D eigenvalue weighted by Crippen LogP contribution is -2.46. The van der Waals surface area contributed by atoms with Gasteiger partial charge in [0.15, 0.2) is 5.96 Å². The van der Waals surface area contributed by atoms with E-state index in [1.165, 1.54) is 11.1 Å².